The van der Waals surface area contributed by atoms with Gasteiger partial charge in [-0.05, 0) is 54.5 Å². The van der Waals surface area contributed by atoms with Gasteiger partial charge < -0.3 is 15.6 Å². The molecule has 2 aromatic carbocycles. The number of H-pyrrole nitrogens is 1. The van der Waals surface area contributed by atoms with Gasteiger partial charge in [0, 0.05) is 40.5 Å². The van der Waals surface area contributed by atoms with Gasteiger partial charge in [-0.2, -0.15) is 0 Å². The van der Waals surface area contributed by atoms with Crippen LogP contribution >= 0.6 is 11.3 Å². The van der Waals surface area contributed by atoms with Crippen molar-refractivity contribution in [2.75, 3.05) is 5.32 Å². The fourth-order valence-corrected chi connectivity index (χ4v) is 4.62. The SMILES string of the molecule is Cc1cccc(C)c1NC(=O)C(Cc1c[nH]c2ccccc12)NC(=O)CCc1cccs1. The van der Waals surface area contributed by atoms with Crippen molar-refractivity contribution in [3.63, 3.8) is 0 Å². The Hall–Kier alpha value is -3.38. The third-order valence-electron chi connectivity index (χ3n) is 5.66. The first-order chi connectivity index (χ1) is 15.5. The Bertz CT molecular complexity index is 1210. The lowest BCUT2D eigenvalue weighted by molar-refractivity contribution is -0.126. The largest absolute Gasteiger partial charge is 0.361 e. The third kappa shape index (κ3) is 5.08. The molecule has 2 amide bonds. The van der Waals surface area contributed by atoms with Gasteiger partial charge >= 0.3 is 0 Å². The molecule has 0 radical (unpaired) electrons. The van der Waals surface area contributed by atoms with E-state index in [1.165, 1.54) is 0 Å². The zero-order valence-corrected chi connectivity index (χ0v) is 19.1. The lowest BCUT2D eigenvalue weighted by atomic mass is 10.0. The average Bonchev–Trinajstić information content (AvgIpc) is 3.45. The number of aromatic nitrogens is 1. The molecule has 0 saturated carbocycles. The lowest BCUT2D eigenvalue weighted by Gasteiger charge is -2.20. The highest BCUT2D eigenvalue weighted by molar-refractivity contribution is 7.09. The molecule has 0 fully saturated rings. The van der Waals surface area contributed by atoms with E-state index in [1.54, 1.807) is 11.3 Å². The van der Waals surface area contributed by atoms with Crippen LogP contribution in [-0.2, 0) is 22.4 Å². The normalized spacial score (nSPS) is 11.9. The molecule has 2 aromatic heterocycles. The summed E-state index contributed by atoms with van der Waals surface area (Å²) in [5.74, 6) is -0.336. The number of benzene rings is 2. The monoisotopic (exact) mass is 445 g/mol. The van der Waals surface area contributed by atoms with Crippen LogP contribution in [0.15, 0.2) is 66.2 Å². The van der Waals surface area contributed by atoms with Crippen molar-refractivity contribution in [1.82, 2.24) is 10.3 Å². The van der Waals surface area contributed by atoms with Crippen LogP contribution in [0.4, 0.5) is 5.69 Å². The topological polar surface area (TPSA) is 74.0 Å². The molecule has 4 aromatic rings. The number of aromatic amines is 1. The van der Waals surface area contributed by atoms with E-state index in [1.807, 2.05) is 80.0 Å². The average molecular weight is 446 g/mol. The van der Waals surface area contributed by atoms with Crippen LogP contribution in [0.1, 0.15) is 28.0 Å². The summed E-state index contributed by atoms with van der Waals surface area (Å²) in [6.07, 6.45) is 3.34. The molecule has 0 saturated heterocycles. The lowest BCUT2D eigenvalue weighted by Crippen LogP contribution is -2.45. The van der Waals surface area contributed by atoms with Gasteiger partial charge in [-0.3, -0.25) is 9.59 Å². The second-order valence-corrected chi connectivity index (χ2v) is 9.05. The molecule has 6 heteroatoms. The number of anilines is 1. The molecule has 4 rings (SSSR count). The Kier molecular flexibility index (Phi) is 6.71. The summed E-state index contributed by atoms with van der Waals surface area (Å²) in [6.45, 7) is 3.94. The predicted octanol–water partition coefficient (Wildman–Crippen LogP) is 5.15. The molecule has 5 nitrogen and oxygen atoms in total. The number of rotatable bonds is 8. The fourth-order valence-electron chi connectivity index (χ4n) is 3.91. The van der Waals surface area contributed by atoms with Gasteiger partial charge in [-0.1, -0.05) is 42.5 Å². The Morgan fingerprint density at radius 2 is 1.78 bits per heavy atom. The standard InChI is InChI=1S/C26H27N3O2S/c1-17-7-5-8-18(2)25(17)29-26(31)23(28-24(30)13-12-20-9-6-14-32-20)15-19-16-27-22-11-4-3-10-21(19)22/h3-11,14,16,23,27H,12-13,15H2,1-2H3,(H,28,30)(H,29,31). The van der Waals surface area contributed by atoms with Gasteiger partial charge in [-0.25, -0.2) is 0 Å². The number of carbonyl (C=O) groups excluding carboxylic acids is 2. The molecular weight excluding hydrogens is 418 g/mol. The van der Waals surface area contributed by atoms with Crippen molar-refractivity contribution < 1.29 is 9.59 Å². The first-order valence-corrected chi connectivity index (χ1v) is 11.6. The number of para-hydroxylation sites is 2. The number of aryl methyl sites for hydroxylation is 3. The summed E-state index contributed by atoms with van der Waals surface area (Å²) >= 11 is 1.64. The summed E-state index contributed by atoms with van der Waals surface area (Å²) in [4.78, 5) is 30.5. The number of hydrogen-bond acceptors (Lipinski definition) is 3. The van der Waals surface area contributed by atoms with E-state index < -0.39 is 6.04 Å². The number of fused-ring (bicyclic) bond motifs is 1. The summed E-state index contributed by atoms with van der Waals surface area (Å²) in [6, 6.07) is 17.2. The highest BCUT2D eigenvalue weighted by Gasteiger charge is 2.23. The van der Waals surface area contributed by atoms with Gasteiger partial charge in [-0.15, -0.1) is 11.3 Å². The predicted molar refractivity (Wildman–Crippen MR) is 131 cm³/mol. The van der Waals surface area contributed by atoms with Gasteiger partial charge in [0.25, 0.3) is 0 Å². The maximum absolute atomic E-state index is 13.3. The first-order valence-electron chi connectivity index (χ1n) is 10.7. The molecule has 1 unspecified atom stereocenters. The third-order valence-corrected chi connectivity index (χ3v) is 6.59. The molecule has 0 aliphatic rings. The van der Waals surface area contributed by atoms with Gasteiger partial charge in [0.2, 0.25) is 11.8 Å². The van der Waals surface area contributed by atoms with E-state index in [4.69, 9.17) is 0 Å². The zero-order valence-electron chi connectivity index (χ0n) is 18.3. The number of hydrogen-bond donors (Lipinski definition) is 3. The van der Waals surface area contributed by atoms with Gasteiger partial charge in [0.1, 0.15) is 6.04 Å². The molecule has 0 aliphatic heterocycles. The van der Waals surface area contributed by atoms with Crippen molar-refractivity contribution in [2.45, 2.75) is 39.2 Å². The summed E-state index contributed by atoms with van der Waals surface area (Å²) < 4.78 is 0. The Morgan fingerprint density at radius 1 is 1.00 bits per heavy atom. The van der Waals surface area contributed by atoms with E-state index in [2.05, 4.69) is 15.6 Å². The maximum atomic E-state index is 13.3. The van der Waals surface area contributed by atoms with Crippen molar-refractivity contribution in [3.8, 4) is 0 Å². The van der Waals surface area contributed by atoms with Crippen molar-refractivity contribution in [2.24, 2.45) is 0 Å². The summed E-state index contributed by atoms with van der Waals surface area (Å²) in [7, 11) is 0. The van der Waals surface area contributed by atoms with E-state index in [0.29, 0.717) is 19.3 Å². The van der Waals surface area contributed by atoms with Gasteiger partial charge in [0.05, 0.1) is 0 Å². The van der Waals surface area contributed by atoms with Crippen LogP contribution in [0, 0.1) is 13.8 Å². The highest BCUT2D eigenvalue weighted by atomic mass is 32.1. The number of nitrogens with one attached hydrogen (secondary N) is 3. The van der Waals surface area contributed by atoms with Crippen LogP contribution < -0.4 is 10.6 Å². The van der Waals surface area contributed by atoms with Crippen LogP contribution in [0.3, 0.4) is 0 Å². The number of carbonyl (C=O) groups is 2. The van der Waals surface area contributed by atoms with Gasteiger partial charge in [0.15, 0.2) is 0 Å². The molecule has 0 aliphatic carbocycles. The van der Waals surface area contributed by atoms with E-state index in [9.17, 15) is 9.59 Å². The quantitative estimate of drug-likeness (QED) is 0.351. The molecule has 1 atom stereocenters. The van der Waals surface area contributed by atoms with Crippen molar-refractivity contribution in [3.05, 3.63) is 87.7 Å². The second-order valence-electron chi connectivity index (χ2n) is 8.02. The smallest absolute Gasteiger partial charge is 0.247 e. The van der Waals surface area contributed by atoms with Crippen LogP contribution in [0.5, 0.6) is 0 Å². The minimum Gasteiger partial charge on any atom is -0.361 e. The Morgan fingerprint density at radius 3 is 2.53 bits per heavy atom. The molecule has 32 heavy (non-hydrogen) atoms. The minimum absolute atomic E-state index is 0.125. The molecule has 0 bridgehead atoms. The number of amides is 2. The molecule has 2 heterocycles. The van der Waals surface area contributed by atoms with E-state index >= 15 is 0 Å². The van der Waals surface area contributed by atoms with Crippen molar-refractivity contribution >= 4 is 39.7 Å². The first kappa shape index (κ1) is 21.8. The fraction of sp³-hybridized carbons (Fsp3) is 0.231. The summed E-state index contributed by atoms with van der Waals surface area (Å²) in [5.41, 5.74) is 4.80. The highest BCUT2D eigenvalue weighted by Crippen LogP contribution is 2.22. The minimum atomic E-state index is -0.677. The van der Waals surface area contributed by atoms with Crippen molar-refractivity contribution in [1.29, 1.82) is 0 Å². The van der Waals surface area contributed by atoms with E-state index in [0.717, 1.165) is 38.2 Å². The van der Waals surface area contributed by atoms with Crippen LogP contribution in [-0.4, -0.2) is 22.8 Å². The molecule has 164 valence electrons. The van der Waals surface area contributed by atoms with Crippen LogP contribution in [0.2, 0.25) is 0 Å². The maximum Gasteiger partial charge on any atom is 0.247 e. The van der Waals surface area contributed by atoms with E-state index in [-0.39, 0.29) is 11.8 Å². The molecule has 3 N–H and O–H groups in total. The molecule has 0 spiro atoms. The molecular formula is C26H27N3O2S. The Labute approximate surface area is 191 Å². The zero-order chi connectivity index (χ0) is 22.5. The number of thiophene rings is 1. The Balaban J connectivity index is 1.53. The second kappa shape index (κ2) is 9.83. The van der Waals surface area contributed by atoms with Crippen LogP contribution in [0.25, 0.3) is 10.9 Å². The summed E-state index contributed by atoms with van der Waals surface area (Å²) in [5, 5.41) is 9.10.